The molecule has 1 aromatic carbocycles. The van der Waals surface area contributed by atoms with Crippen LogP contribution in [0.3, 0.4) is 0 Å². The number of H-pyrrole nitrogens is 2. The third-order valence-electron chi connectivity index (χ3n) is 5.25. The van der Waals surface area contributed by atoms with Gasteiger partial charge in [-0.1, -0.05) is 19.3 Å². The van der Waals surface area contributed by atoms with E-state index in [9.17, 15) is 27.9 Å². The first-order valence-corrected chi connectivity index (χ1v) is 13.4. The van der Waals surface area contributed by atoms with Gasteiger partial charge < -0.3 is 29.5 Å². The number of amides is 1. The third-order valence-corrected chi connectivity index (χ3v) is 7.09. The van der Waals surface area contributed by atoms with Gasteiger partial charge in [0.2, 0.25) is 10.0 Å². The fraction of sp³-hybridized carbons (Fsp3) is 0.423. The van der Waals surface area contributed by atoms with Crippen LogP contribution < -0.4 is 10.7 Å². The van der Waals surface area contributed by atoms with E-state index in [0.29, 0.717) is 28.2 Å². The topological polar surface area (TPSA) is 156 Å². The molecule has 0 spiro atoms. The van der Waals surface area contributed by atoms with E-state index in [-0.39, 0.29) is 36.5 Å². The molecule has 12 heteroatoms. The van der Waals surface area contributed by atoms with Crippen LogP contribution in [0.4, 0.5) is 4.79 Å². The lowest BCUT2D eigenvalue weighted by Gasteiger charge is -2.27. The van der Waals surface area contributed by atoms with Crippen molar-refractivity contribution in [1.29, 1.82) is 0 Å². The van der Waals surface area contributed by atoms with Gasteiger partial charge in [0, 0.05) is 48.6 Å². The predicted molar refractivity (Wildman–Crippen MR) is 143 cm³/mol. The summed E-state index contributed by atoms with van der Waals surface area (Å²) in [6.07, 6.45) is 7.33. The number of nitrogens with one attached hydrogen (secondary N) is 2. The maximum atomic E-state index is 13.3. The van der Waals surface area contributed by atoms with Crippen molar-refractivity contribution in [1.82, 2.24) is 19.2 Å². The Morgan fingerprint density at radius 3 is 2.39 bits per heavy atom. The molecule has 0 aliphatic rings. The van der Waals surface area contributed by atoms with Crippen molar-refractivity contribution in [2.45, 2.75) is 51.0 Å². The molecule has 3 aromatic rings. The number of ether oxygens (including phenoxy) is 1. The molecular weight excluding hydrogens is 512 g/mol. The molecule has 38 heavy (non-hydrogen) atoms. The number of likely N-dealkylation sites (N-methyl/N-ethyl adjacent to an activating group) is 1. The van der Waals surface area contributed by atoms with Gasteiger partial charge in [0.1, 0.15) is 11.1 Å². The monoisotopic (exact) mass is 545 g/mol. The summed E-state index contributed by atoms with van der Waals surface area (Å²) >= 11 is 0. The number of aliphatic carboxylic acids is 1. The van der Waals surface area contributed by atoms with Crippen molar-refractivity contribution >= 4 is 43.9 Å². The largest absolute Gasteiger partial charge is 0.550 e. The van der Waals surface area contributed by atoms with E-state index in [1.54, 1.807) is 46.0 Å². The Balaban J connectivity index is 0.000000757. The van der Waals surface area contributed by atoms with Crippen LogP contribution in [0.15, 0.2) is 40.2 Å². The SMILES string of the molecule is C#CCN(CCN(C)C(=O)OC(C)(C)C)S(=O)(=O)c1ccc2[nH]c(=O)c3[nH]ccc3c2c1.CCCC(=O)[O-]. The molecule has 2 N–H and O–H groups in total. The van der Waals surface area contributed by atoms with Crippen LogP contribution in [0.25, 0.3) is 21.8 Å². The Bertz CT molecular complexity index is 1490. The number of aromatic amines is 2. The number of hydrogen-bond donors (Lipinski definition) is 2. The fourth-order valence-corrected chi connectivity index (χ4v) is 4.79. The number of carboxylic acid groups (broad SMARTS) is 1. The Kier molecular flexibility index (Phi) is 10.1. The summed E-state index contributed by atoms with van der Waals surface area (Å²) in [6.45, 7) is 6.99. The van der Waals surface area contributed by atoms with Crippen LogP contribution >= 0.6 is 0 Å². The van der Waals surface area contributed by atoms with Gasteiger partial charge in [0.25, 0.3) is 5.56 Å². The van der Waals surface area contributed by atoms with Crippen molar-refractivity contribution in [2.75, 3.05) is 26.7 Å². The maximum absolute atomic E-state index is 13.3. The van der Waals surface area contributed by atoms with E-state index in [2.05, 4.69) is 15.9 Å². The van der Waals surface area contributed by atoms with Crippen molar-refractivity contribution in [3.8, 4) is 12.3 Å². The van der Waals surface area contributed by atoms with Gasteiger partial charge in [0.15, 0.2) is 0 Å². The molecule has 2 heterocycles. The first-order chi connectivity index (χ1) is 17.7. The van der Waals surface area contributed by atoms with Crippen molar-refractivity contribution < 1.29 is 27.9 Å². The fourth-order valence-electron chi connectivity index (χ4n) is 3.41. The lowest BCUT2D eigenvalue weighted by molar-refractivity contribution is -0.305. The first-order valence-electron chi connectivity index (χ1n) is 11.9. The van der Waals surface area contributed by atoms with Crippen molar-refractivity contribution in [2.24, 2.45) is 0 Å². The van der Waals surface area contributed by atoms with Gasteiger partial charge in [-0.3, -0.25) is 4.79 Å². The van der Waals surface area contributed by atoms with Crippen molar-refractivity contribution in [3.63, 3.8) is 0 Å². The summed E-state index contributed by atoms with van der Waals surface area (Å²) in [5.41, 5.74) is -0.0566. The number of pyridine rings is 1. The Morgan fingerprint density at radius 1 is 1.16 bits per heavy atom. The molecule has 0 fully saturated rings. The number of hydrogen-bond acceptors (Lipinski definition) is 7. The van der Waals surface area contributed by atoms with E-state index in [1.807, 2.05) is 0 Å². The quantitative estimate of drug-likeness (QED) is 0.410. The Labute approximate surface area is 221 Å². The molecule has 3 rings (SSSR count). The average Bonchev–Trinajstić information content (AvgIpc) is 3.31. The number of fused-ring (bicyclic) bond motifs is 3. The highest BCUT2D eigenvalue weighted by Gasteiger charge is 2.26. The van der Waals surface area contributed by atoms with Gasteiger partial charge in [-0.05, 0) is 51.5 Å². The Morgan fingerprint density at radius 2 is 1.84 bits per heavy atom. The standard InChI is InChI=1S/C22H26N4O5S.C4H8O2/c1-6-11-26(13-12-25(5)21(28)31-22(2,3)4)32(29,30)15-7-8-18-17(14-15)16-9-10-23-19(16)20(27)24-18;1-2-3-4(5)6/h1,7-10,14,23H,11-13H2,2-5H3,(H,24,27);2-3H2,1H3,(H,5,6)/p-1. The third kappa shape index (κ3) is 7.84. The molecular formula is C26H33N4O7S-. The zero-order valence-corrected chi connectivity index (χ0v) is 23.0. The molecule has 0 unspecified atom stereocenters. The van der Waals surface area contributed by atoms with Crippen LogP contribution in [0.5, 0.6) is 0 Å². The molecule has 0 radical (unpaired) electrons. The second kappa shape index (κ2) is 12.6. The van der Waals surface area contributed by atoms with Crippen LogP contribution in [0, 0.1) is 12.3 Å². The van der Waals surface area contributed by atoms with Gasteiger partial charge in [-0.15, -0.1) is 6.42 Å². The number of nitrogens with zero attached hydrogens (tertiary/aromatic N) is 2. The summed E-state index contributed by atoms with van der Waals surface area (Å²) in [5.74, 6) is 1.40. The molecule has 0 bridgehead atoms. The second-order valence-electron chi connectivity index (χ2n) is 9.49. The molecule has 2 aromatic heterocycles. The zero-order chi connectivity index (χ0) is 28.7. The van der Waals surface area contributed by atoms with Gasteiger partial charge >= 0.3 is 6.09 Å². The van der Waals surface area contributed by atoms with Crippen LogP contribution in [0.1, 0.15) is 40.5 Å². The van der Waals surface area contributed by atoms with Gasteiger partial charge in [0.05, 0.1) is 11.4 Å². The van der Waals surface area contributed by atoms with E-state index in [1.165, 1.54) is 24.1 Å². The van der Waals surface area contributed by atoms with Gasteiger partial charge in [-0.2, -0.15) is 4.31 Å². The van der Waals surface area contributed by atoms with E-state index >= 15 is 0 Å². The number of aromatic nitrogens is 2. The van der Waals surface area contributed by atoms with Crippen LogP contribution in [-0.4, -0.2) is 71.9 Å². The number of benzene rings is 1. The number of carbonyl (C=O) groups is 2. The average molecular weight is 546 g/mol. The van der Waals surface area contributed by atoms with Crippen LogP contribution in [-0.2, 0) is 19.6 Å². The Hall–Kier alpha value is -3.82. The number of terminal acetylenes is 1. The summed E-state index contributed by atoms with van der Waals surface area (Å²) in [6, 6.07) is 6.21. The molecule has 0 atom stereocenters. The van der Waals surface area contributed by atoms with Gasteiger partial charge in [-0.25, -0.2) is 13.2 Å². The molecule has 11 nitrogen and oxygen atoms in total. The predicted octanol–water partition coefficient (Wildman–Crippen LogP) is 2.04. The smallest absolute Gasteiger partial charge is 0.410 e. The number of carboxylic acids is 1. The van der Waals surface area contributed by atoms with Crippen molar-refractivity contribution in [3.05, 3.63) is 40.8 Å². The lowest BCUT2D eigenvalue weighted by atomic mass is 10.1. The highest BCUT2D eigenvalue weighted by atomic mass is 32.2. The number of carbonyl (C=O) groups excluding carboxylic acids is 2. The molecule has 0 aliphatic carbocycles. The molecule has 0 aliphatic heterocycles. The van der Waals surface area contributed by atoms with E-state index in [4.69, 9.17) is 11.2 Å². The van der Waals surface area contributed by atoms with E-state index in [0.717, 1.165) is 4.31 Å². The molecule has 0 saturated carbocycles. The lowest BCUT2D eigenvalue weighted by Crippen LogP contribution is -2.41. The summed E-state index contributed by atoms with van der Waals surface area (Å²) < 4.78 is 33.1. The second-order valence-corrected chi connectivity index (χ2v) is 11.4. The molecule has 206 valence electrons. The highest BCUT2D eigenvalue weighted by molar-refractivity contribution is 7.89. The summed E-state index contributed by atoms with van der Waals surface area (Å²) in [4.78, 5) is 40.8. The normalized spacial score (nSPS) is 11.6. The molecule has 0 saturated heterocycles. The number of sulfonamides is 1. The minimum atomic E-state index is -3.96. The van der Waals surface area contributed by atoms with E-state index < -0.39 is 27.7 Å². The highest BCUT2D eigenvalue weighted by Crippen LogP contribution is 2.25. The maximum Gasteiger partial charge on any atom is 0.410 e. The number of rotatable bonds is 8. The molecule has 1 amide bonds. The summed E-state index contributed by atoms with van der Waals surface area (Å²) in [5, 5.41) is 10.7. The zero-order valence-electron chi connectivity index (χ0n) is 22.2. The minimum absolute atomic E-state index is 0.00843. The summed E-state index contributed by atoms with van der Waals surface area (Å²) in [7, 11) is -2.43. The minimum Gasteiger partial charge on any atom is -0.550 e. The van der Waals surface area contributed by atoms with Crippen LogP contribution in [0.2, 0.25) is 0 Å². The first kappa shape index (κ1) is 30.4.